The van der Waals surface area contributed by atoms with Crippen LogP contribution in [0.15, 0.2) is 24.3 Å². The summed E-state index contributed by atoms with van der Waals surface area (Å²) in [6, 6.07) is 3.72. The average Bonchev–Trinajstić information content (AvgIpc) is 3.05. The molecule has 0 saturated carbocycles. The van der Waals surface area contributed by atoms with E-state index in [9.17, 15) is 27.6 Å². The van der Waals surface area contributed by atoms with Crippen molar-refractivity contribution < 1.29 is 41.8 Å². The van der Waals surface area contributed by atoms with Gasteiger partial charge in [-0.3, -0.25) is 9.69 Å². The van der Waals surface area contributed by atoms with E-state index in [0.717, 1.165) is 17.0 Å². The van der Waals surface area contributed by atoms with Gasteiger partial charge in [-0.15, -0.1) is 13.2 Å². The first-order valence-electron chi connectivity index (χ1n) is 10.9. The molecule has 0 radical (unpaired) electrons. The summed E-state index contributed by atoms with van der Waals surface area (Å²) in [6.45, 7) is 9.80. The normalized spacial score (nSPS) is 18.7. The van der Waals surface area contributed by atoms with E-state index in [4.69, 9.17) is 9.47 Å². The smallest absolute Gasteiger partial charge is 0.444 e. The maximum Gasteiger partial charge on any atom is 0.573 e. The Hall–Kier alpha value is -2.63. The SMILES string of the molecule is CC(C)(C)OC(=O)N(Cc1ccc(OC(F)(F)F)cc1)C(=O)[C@@H]1C[C@H](S)CN1C(=O)OC(C)(C)C. The van der Waals surface area contributed by atoms with Crippen LogP contribution in [0.3, 0.4) is 0 Å². The first-order chi connectivity index (χ1) is 15.8. The number of likely N-dealkylation sites (tertiary alicyclic amines) is 1. The number of imide groups is 1. The number of nitrogens with zero attached hydrogens (tertiary/aromatic N) is 2. The van der Waals surface area contributed by atoms with Crippen LogP contribution in [0, 0.1) is 0 Å². The largest absolute Gasteiger partial charge is 0.573 e. The van der Waals surface area contributed by atoms with Gasteiger partial charge in [-0.2, -0.15) is 12.6 Å². The molecule has 1 aliphatic heterocycles. The highest BCUT2D eigenvalue weighted by molar-refractivity contribution is 7.81. The van der Waals surface area contributed by atoms with E-state index in [1.807, 2.05) is 0 Å². The molecule has 1 aromatic carbocycles. The van der Waals surface area contributed by atoms with Crippen molar-refractivity contribution in [2.45, 2.75) is 83.4 Å². The molecule has 1 aromatic rings. The number of rotatable bonds is 4. The van der Waals surface area contributed by atoms with Crippen molar-refractivity contribution in [3.8, 4) is 5.75 Å². The molecular weight excluding hydrogens is 489 g/mol. The molecule has 1 saturated heterocycles. The molecule has 196 valence electrons. The van der Waals surface area contributed by atoms with E-state index in [2.05, 4.69) is 17.4 Å². The summed E-state index contributed by atoms with van der Waals surface area (Å²) in [5.74, 6) is -1.15. The Labute approximate surface area is 208 Å². The quantitative estimate of drug-likeness (QED) is 0.553. The molecule has 0 aliphatic carbocycles. The average molecular weight is 521 g/mol. The zero-order valence-corrected chi connectivity index (χ0v) is 21.4. The highest BCUT2D eigenvalue weighted by Crippen LogP contribution is 2.28. The van der Waals surface area contributed by atoms with Crippen molar-refractivity contribution in [2.75, 3.05) is 6.54 Å². The van der Waals surface area contributed by atoms with Gasteiger partial charge in [0, 0.05) is 11.8 Å². The Kier molecular flexibility index (Phi) is 8.62. The van der Waals surface area contributed by atoms with Crippen LogP contribution in [0.5, 0.6) is 5.75 Å². The predicted octanol–water partition coefficient (Wildman–Crippen LogP) is 5.16. The van der Waals surface area contributed by atoms with Crippen LogP contribution in [0.4, 0.5) is 22.8 Å². The van der Waals surface area contributed by atoms with Crippen LogP contribution in [0.2, 0.25) is 0 Å². The fraction of sp³-hybridized carbons (Fsp3) is 0.609. The van der Waals surface area contributed by atoms with E-state index in [-0.39, 0.29) is 24.8 Å². The van der Waals surface area contributed by atoms with E-state index >= 15 is 0 Å². The Bertz CT molecular complexity index is 925. The molecule has 2 atom stereocenters. The lowest BCUT2D eigenvalue weighted by Crippen LogP contribution is -2.51. The van der Waals surface area contributed by atoms with Crippen molar-refractivity contribution in [1.82, 2.24) is 9.80 Å². The molecule has 1 aliphatic rings. The van der Waals surface area contributed by atoms with Gasteiger partial charge < -0.3 is 14.2 Å². The summed E-state index contributed by atoms with van der Waals surface area (Å²) in [6.07, 6.45) is -6.34. The third-order valence-electron chi connectivity index (χ3n) is 4.57. The van der Waals surface area contributed by atoms with Gasteiger partial charge >= 0.3 is 18.5 Å². The summed E-state index contributed by atoms with van der Waals surface area (Å²) in [4.78, 5) is 41.3. The van der Waals surface area contributed by atoms with Crippen LogP contribution >= 0.6 is 12.6 Å². The van der Waals surface area contributed by atoms with E-state index in [1.165, 1.54) is 17.0 Å². The lowest BCUT2D eigenvalue weighted by molar-refractivity contribution is -0.274. The van der Waals surface area contributed by atoms with Crippen LogP contribution in [0.1, 0.15) is 53.5 Å². The molecule has 2 rings (SSSR count). The third-order valence-corrected chi connectivity index (χ3v) is 4.94. The van der Waals surface area contributed by atoms with Gasteiger partial charge in [-0.1, -0.05) is 12.1 Å². The van der Waals surface area contributed by atoms with Gasteiger partial charge in [-0.05, 0) is 65.7 Å². The van der Waals surface area contributed by atoms with Crippen molar-refractivity contribution in [3.05, 3.63) is 29.8 Å². The minimum absolute atomic E-state index is 0.139. The maximum absolute atomic E-state index is 13.5. The first kappa shape index (κ1) is 28.6. The molecule has 1 fully saturated rings. The fourth-order valence-corrected chi connectivity index (χ4v) is 3.65. The second-order valence-corrected chi connectivity index (χ2v) is 10.9. The topological polar surface area (TPSA) is 85.4 Å². The summed E-state index contributed by atoms with van der Waals surface area (Å²) in [5.41, 5.74) is -1.38. The summed E-state index contributed by atoms with van der Waals surface area (Å²) in [7, 11) is 0. The third kappa shape index (κ3) is 9.15. The highest BCUT2D eigenvalue weighted by atomic mass is 32.1. The number of benzene rings is 1. The highest BCUT2D eigenvalue weighted by Gasteiger charge is 2.44. The molecular formula is C23H31F3N2O6S. The van der Waals surface area contributed by atoms with E-state index in [0.29, 0.717) is 5.56 Å². The standard InChI is InChI=1S/C23H31F3N2O6S/c1-21(2,3)33-19(30)27-13-16(35)11-17(27)18(29)28(20(31)34-22(4,5)6)12-14-7-9-15(10-8-14)32-23(24,25)26/h7-10,16-17,35H,11-13H2,1-6H3/t16-,17-/m0/s1. The number of amides is 3. The van der Waals surface area contributed by atoms with Crippen molar-refractivity contribution in [3.63, 3.8) is 0 Å². The van der Waals surface area contributed by atoms with Crippen LogP contribution in [-0.2, 0) is 20.8 Å². The Balaban J connectivity index is 2.31. The van der Waals surface area contributed by atoms with Crippen LogP contribution in [0.25, 0.3) is 0 Å². The van der Waals surface area contributed by atoms with Crippen molar-refractivity contribution in [2.24, 2.45) is 0 Å². The zero-order chi connectivity index (χ0) is 26.8. The number of carbonyl (C=O) groups excluding carboxylic acids is 3. The summed E-state index contributed by atoms with van der Waals surface area (Å²) >= 11 is 4.40. The van der Waals surface area contributed by atoms with Gasteiger partial charge in [-0.25, -0.2) is 14.5 Å². The monoisotopic (exact) mass is 520 g/mol. The Morgan fingerprint density at radius 2 is 1.54 bits per heavy atom. The van der Waals surface area contributed by atoms with Gasteiger partial charge in [0.2, 0.25) is 0 Å². The molecule has 8 nitrogen and oxygen atoms in total. The molecule has 0 N–H and O–H groups in total. The number of hydrogen-bond donors (Lipinski definition) is 1. The zero-order valence-electron chi connectivity index (χ0n) is 20.5. The maximum atomic E-state index is 13.5. The number of halogens is 3. The van der Waals surface area contributed by atoms with E-state index < -0.39 is 47.4 Å². The molecule has 0 bridgehead atoms. The molecule has 0 unspecified atom stereocenters. The summed E-state index contributed by atoms with van der Waals surface area (Å²) in [5, 5.41) is -0.323. The minimum atomic E-state index is -4.85. The number of ether oxygens (including phenoxy) is 3. The molecule has 3 amide bonds. The second-order valence-electron chi connectivity index (χ2n) is 10.1. The molecule has 1 heterocycles. The molecule has 0 aromatic heterocycles. The first-order valence-corrected chi connectivity index (χ1v) is 11.4. The van der Waals surface area contributed by atoms with E-state index in [1.54, 1.807) is 41.5 Å². The van der Waals surface area contributed by atoms with Crippen molar-refractivity contribution >= 4 is 30.7 Å². The number of thiol groups is 1. The van der Waals surface area contributed by atoms with Gasteiger partial charge in [0.05, 0.1) is 6.54 Å². The minimum Gasteiger partial charge on any atom is -0.444 e. The fourth-order valence-electron chi connectivity index (χ4n) is 3.28. The molecule has 12 heteroatoms. The number of hydrogen-bond acceptors (Lipinski definition) is 7. The predicted molar refractivity (Wildman–Crippen MR) is 124 cm³/mol. The van der Waals surface area contributed by atoms with Crippen LogP contribution < -0.4 is 4.74 Å². The number of alkyl halides is 3. The summed E-state index contributed by atoms with van der Waals surface area (Å²) < 4.78 is 52.0. The van der Waals surface area contributed by atoms with Gasteiger partial charge in [0.15, 0.2) is 0 Å². The van der Waals surface area contributed by atoms with Crippen molar-refractivity contribution in [1.29, 1.82) is 0 Å². The Morgan fingerprint density at radius 1 is 1.00 bits per heavy atom. The lowest BCUT2D eigenvalue weighted by atomic mass is 10.1. The Morgan fingerprint density at radius 3 is 2.03 bits per heavy atom. The van der Waals surface area contributed by atoms with Gasteiger partial charge in [0.25, 0.3) is 5.91 Å². The second kappa shape index (κ2) is 10.5. The molecule has 35 heavy (non-hydrogen) atoms. The lowest BCUT2D eigenvalue weighted by Gasteiger charge is -2.32. The van der Waals surface area contributed by atoms with Crippen LogP contribution in [-0.4, -0.2) is 63.3 Å². The molecule has 0 spiro atoms. The van der Waals surface area contributed by atoms with Gasteiger partial charge in [0.1, 0.15) is 23.0 Å². The number of carbonyl (C=O) groups is 3.